The fourth-order valence-corrected chi connectivity index (χ4v) is 164. The molecule has 0 aromatic heterocycles. The Balaban J connectivity index is 1.23. The Morgan fingerprint density at radius 3 is 0.412 bits per heavy atom. The van der Waals surface area contributed by atoms with Gasteiger partial charge >= 0.3 is 332 Å². The van der Waals surface area contributed by atoms with E-state index in [-0.39, 0.29) is 0 Å². The normalized spacial score (nSPS) is 47.3. The number of rotatable bonds is 6. The molecular weight excluding hydrogens is 1010 g/mol. The van der Waals surface area contributed by atoms with Gasteiger partial charge in [-0.15, -0.1) is 0 Å². The molecule has 5 aliphatic heterocycles. The molecule has 0 atom stereocenters. The summed E-state index contributed by atoms with van der Waals surface area (Å²) in [5, 5.41) is 0. The van der Waals surface area contributed by atoms with E-state index >= 15 is 0 Å². The number of hydrogen-bond donors (Lipinski definition) is 0. The number of hydrogen-bond acceptors (Lipinski definition) is 9. The second-order valence-corrected chi connectivity index (χ2v) is 67.9. The second-order valence-electron chi connectivity index (χ2n) is 18.5. The maximum atomic E-state index is 8.41. The van der Waals surface area contributed by atoms with E-state index in [4.69, 9.17) is 25.1 Å². The topological polar surface area (TPSA) is 83.1 Å². The van der Waals surface area contributed by atoms with Crippen LogP contribution in [0.15, 0.2) is 0 Å². The minimum atomic E-state index is -4.21. The molecule has 11 fully saturated rings. The first-order chi connectivity index (χ1) is 25.0. The van der Waals surface area contributed by atoms with Crippen molar-refractivity contribution in [2.45, 2.75) is 221 Å². The average molecular weight is 1080 g/mol. The molecule has 6 aliphatic carbocycles. The van der Waals surface area contributed by atoms with E-state index in [1.807, 2.05) is 0 Å². The Kier molecular flexibility index (Phi) is 11.6. The van der Waals surface area contributed by atoms with Gasteiger partial charge in [0.1, 0.15) is 0 Å². The van der Waals surface area contributed by atoms with Crippen molar-refractivity contribution in [3.63, 3.8) is 0 Å². The molecular formula is C36H66Ge6O9. The molecule has 6 bridgehead atoms. The third-order valence-corrected chi connectivity index (χ3v) is 102. The first-order valence-corrected chi connectivity index (χ1v) is 45.0. The van der Waals surface area contributed by atoms with Crippen LogP contribution in [0.2, 0.25) is 28.5 Å². The molecule has 15 heteroatoms. The Morgan fingerprint density at radius 2 is 0.294 bits per heavy atom. The Bertz CT molecular complexity index is 978. The first kappa shape index (κ1) is 38.1. The monoisotopic (exact) mass is 1090 g/mol. The summed E-state index contributed by atoms with van der Waals surface area (Å²) < 4.78 is 76.2. The maximum absolute atomic E-state index is 8.41. The van der Waals surface area contributed by atoms with Crippen LogP contribution in [0.3, 0.4) is 0 Å². The Labute approximate surface area is 328 Å². The van der Waals surface area contributed by atoms with Gasteiger partial charge in [-0.05, 0) is 0 Å². The van der Waals surface area contributed by atoms with E-state index in [0.717, 1.165) is 77.0 Å². The second kappa shape index (κ2) is 15.5. The first-order valence-electron chi connectivity index (χ1n) is 22.3. The fourth-order valence-electron chi connectivity index (χ4n) is 12.4. The van der Waals surface area contributed by atoms with Crippen LogP contribution >= 0.6 is 0 Å². The standard InChI is InChI=1S/C36H66Ge6O9/c1-7-19-31(20-8-1)37-43-38(32-21-9-2-10-22-32)45-39(44-37,33-23-11-3-12-24-33)51-42(36-29-17-6-18-30-36)47-40(49-37,34-25-13-4-14-26-34)46-41(48-42,50-38)35-27-15-5-16-28-35/h31-36H,1-30H2. The molecule has 0 N–H and O–H groups in total. The summed E-state index contributed by atoms with van der Waals surface area (Å²) in [6.45, 7) is 0. The van der Waals surface area contributed by atoms with E-state index in [9.17, 15) is 0 Å². The van der Waals surface area contributed by atoms with Crippen LogP contribution in [0, 0.1) is 0 Å². The van der Waals surface area contributed by atoms with Crippen molar-refractivity contribution in [1.29, 1.82) is 0 Å². The van der Waals surface area contributed by atoms with Crippen molar-refractivity contribution >= 4 is 85.7 Å². The van der Waals surface area contributed by atoms with Crippen LogP contribution < -0.4 is 0 Å². The van der Waals surface area contributed by atoms with E-state index in [1.54, 1.807) is 0 Å². The van der Waals surface area contributed by atoms with Gasteiger partial charge in [-0.3, -0.25) is 0 Å². The average Bonchev–Trinajstić information content (AvgIpc) is 3.19. The third kappa shape index (κ3) is 6.90. The summed E-state index contributed by atoms with van der Waals surface area (Å²) in [7, 11) is 0. The molecule has 288 valence electrons. The fraction of sp³-hybridized carbons (Fsp3) is 1.00. The van der Waals surface area contributed by atoms with Gasteiger partial charge in [-0.25, -0.2) is 0 Å². The van der Waals surface area contributed by atoms with E-state index in [1.165, 1.54) is 116 Å². The molecule has 11 aliphatic rings. The van der Waals surface area contributed by atoms with E-state index in [2.05, 4.69) is 0 Å². The van der Waals surface area contributed by atoms with Crippen LogP contribution in [0.1, 0.15) is 193 Å². The summed E-state index contributed by atoms with van der Waals surface area (Å²) in [5.74, 6) is 0. The summed E-state index contributed by atoms with van der Waals surface area (Å²) in [6.07, 6.45) is 36.5. The molecule has 0 aromatic rings. The zero-order valence-electron chi connectivity index (χ0n) is 31.4. The Hall–Kier alpha value is 2.90. The quantitative estimate of drug-likeness (QED) is 0.242. The summed E-state index contributed by atoms with van der Waals surface area (Å²) in [6, 6.07) is 0. The zero-order valence-corrected chi connectivity index (χ0v) is 43.9. The zero-order chi connectivity index (χ0) is 34.0. The van der Waals surface area contributed by atoms with Crippen molar-refractivity contribution in [3.05, 3.63) is 0 Å². The molecule has 5 saturated heterocycles. The Morgan fingerprint density at radius 1 is 0.176 bits per heavy atom. The molecule has 0 aromatic carbocycles. The molecule has 11 rings (SSSR count). The van der Waals surface area contributed by atoms with Crippen LogP contribution in [-0.2, 0) is 25.1 Å². The van der Waals surface area contributed by atoms with Gasteiger partial charge in [0.15, 0.2) is 0 Å². The molecule has 5 heterocycles. The molecule has 51 heavy (non-hydrogen) atoms. The predicted molar refractivity (Wildman–Crippen MR) is 205 cm³/mol. The summed E-state index contributed by atoms with van der Waals surface area (Å²) >= 11 is -25.2. The van der Waals surface area contributed by atoms with Crippen LogP contribution in [0.4, 0.5) is 0 Å². The van der Waals surface area contributed by atoms with E-state index in [0.29, 0.717) is 28.5 Å². The van der Waals surface area contributed by atoms with Crippen molar-refractivity contribution in [2.75, 3.05) is 0 Å². The van der Waals surface area contributed by atoms with Crippen LogP contribution in [-0.4, -0.2) is 85.7 Å². The van der Waals surface area contributed by atoms with Crippen molar-refractivity contribution in [3.8, 4) is 0 Å². The van der Waals surface area contributed by atoms with Gasteiger partial charge in [0, 0.05) is 0 Å². The van der Waals surface area contributed by atoms with Gasteiger partial charge in [0.25, 0.3) is 0 Å². The minimum absolute atomic E-state index is 0.336. The molecule has 0 amide bonds. The van der Waals surface area contributed by atoms with Crippen LogP contribution in [0.25, 0.3) is 0 Å². The predicted octanol–water partition coefficient (Wildman–Crippen LogP) is 10.8. The van der Waals surface area contributed by atoms with Crippen molar-refractivity contribution < 1.29 is 25.1 Å². The van der Waals surface area contributed by atoms with Gasteiger partial charge in [-0.2, -0.15) is 0 Å². The van der Waals surface area contributed by atoms with Gasteiger partial charge in [0.05, 0.1) is 0 Å². The van der Waals surface area contributed by atoms with Gasteiger partial charge < -0.3 is 0 Å². The van der Waals surface area contributed by atoms with Crippen LogP contribution in [0.5, 0.6) is 0 Å². The molecule has 0 unspecified atom stereocenters. The summed E-state index contributed by atoms with van der Waals surface area (Å²) in [5.41, 5.74) is 0. The molecule has 6 saturated carbocycles. The summed E-state index contributed by atoms with van der Waals surface area (Å²) in [4.78, 5) is 0. The molecule has 0 spiro atoms. The van der Waals surface area contributed by atoms with Gasteiger partial charge in [-0.1, -0.05) is 0 Å². The van der Waals surface area contributed by atoms with E-state index < -0.39 is 85.7 Å². The van der Waals surface area contributed by atoms with Gasteiger partial charge in [0.2, 0.25) is 0 Å². The third-order valence-electron chi connectivity index (χ3n) is 15.2. The van der Waals surface area contributed by atoms with Crippen molar-refractivity contribution in [1.82, 2.24) is 0 Å². The molecule has 0 radical (unpaired) electrons. The molecule has 9 nitrogen and oxygen atoms in total. The van der Waals surface area contributed by atoms with Crippen molar-refractivity contribution in [2.24, 2.45) is 0 Å². The SMILES string of the molecule is C1CC[CH]([Ge]23[O][Ge]4([CH]5CCCCC5)[O][Ge]([CH]5CCCCC5)([O]2)[O][Ge]2([CH]5CCCCC5)[O][Ge]([CH]5CCCCC5)([O][Ge]([CH]5CCCCC5)([O]2)[O]4)[O]3)CC1.